The Bertz CT molecular complexity index is 700. The smallest absolute Gasteiger partial charge is 0.406 e. The number of alkyl halides is 3. The molecule has 0 bridgehead atoms. The van der Waals surface area contributed by atoms with E-state index in [4.69, 9.17) is 0 Å². The summed E-state index contributed by atoms with van der Waals surface area (Å²) in [5.41, 5.74) is 2.09. The molecular weight excluding hydrogens is 444 g/mol. The first-order chi connectivity index (χ1) is 11.9. The number of nitrogens with one attached hydrogen (secondary N) is 1. The molecule has 0 unspecified atom stereocenters. The van der Waals surface area contributed by atoms with Gasteiger partial charge in [-0.15, -0.1) is 13.2 Å². The lowest BCUT2D eigenvalue weighted by atomic mass is 9.96. The Morgan fingerprint density at radius 2 is 1.68 bits per heavy atom. The van der Waals surface area contributed by atoms with E-state index in [0.717, 1.165) is 40.9 Å². The minimum Gasteiger partial charge on any atom is -0.406 e. The number of nitrogens with zero attached hydrogens (tertiary/aromatic N) is 1. The fourth-order valence-corrected chi connectivity index (χ4v) is 3.65. The van der Waals surface area contributed by atoms with Crippen molar-refractivity contribution in [3.63, 3.8) is 0 Å². The molecule has 3 rings (SSSR count). The summed E-state index contributed by atoms with van der Waals surface area (Å²) in [6.45, 7) is 3.57. The van der Waals surface area contributed by atoms with E-state index in [0.29, 0.717) is 0 Å². The SMILES string of the molecule is FC(F)(F)Oc1ccc([C@H](c2cccc(I)c2)N2CCNCC2)cc1. The average molecular weight is 462 g/mol. The first-order valence-electron chi connectivity index (χ1n) is 7.98. The van der Waals surface area contributed by atoms with Crippen LogP contribution in [0, 0.1) is 3.57 Å². The molecule has 1 saturated heterocycles. The Morgan fingerprint density at radius 1 is 1.00 bits per heavy atom. The van der Waals surface area contributed by atoms with Crippen LogP contribution in [-0.4, -0.2) is 37.4 Å². The first kappa shape index (κ1) is 18.5. The molecule has 2 aromatic carbocycles. The average Bonchev–Trinajstić information content (AvgIpc) is 2.56. The maximum Gasteiger partial charge on any atom is 0.573 e. The Morgan fingerprint density at radius 3 is 2.28 bits per heavy atom. The summed E-state index contributed by atoms with van der Waals surface area (Å²) in [6, 6.07) is 14.4. The van der Waals surface area contributed by atoms with Crippen molar-refractivity contribution in [1.82, 2.24) is 10.2 Å². The maximum atomic E-state index is 12.4. The van der Waals surface area contributed by atoms with E-state index in [2.05, 4.69) is 49.7 Å². The highest BCUT2D eigenvalue weighted by atomic mass is 127. The van der Waals surface area contributed by atoms with Crippen molar-refractivity contribution in [2.45, 2.75) is 12.4 Å². The second-order valence-electron chi connectivity index (χ2n) is 5.86. The summed E-state index contributed by atoms with van der Waals surface area (Å²) in [5, 5.41) is 3.33. The topological polar surface area (TPSA) is 24.5 Å². The zero-order valence-electron chi connectivity index (χ0n) is 13.4. The molecule has 1 N–H and O–H groups in total. The van der Waals surface area contributed by atoms with Crippen molar-refractivity contribution in [3.05, 3.63) is 63.2 Å². The van der Waals surface area contributed by atoms with Gasteiger partial charge >= 0.3 is 6.36 Å². The third kappa shape index (κ3) is 5.08. The number of benzene rings is 2. The van der Waals surface area contributed by atoms with Crippen LogP contribution in [0.2, 0.25) is 0 Å². The maximum absolute atomic E-state index is 12.4. The molecule has 1 aliphatic heterocycles. The molecule has 2 aromatic rings. The molecule has 1 heterocycles. The fourth-order valence-electron chi connectivity index (χ4n) is 3.08. The normalized spacial score (nSPS) is 17.3. The molecule has 0 spiro atoms. The summed E-state index contributed by atoms with van der Waals surface area (Å²) < 4.78 is 42.2. The molecule has 7 heteroatoms. The van der Waals surface area contributed by atoms with Crippen LogP contribution in [0.4, 0.5) is 13.2 Å². The van der Waals surface area contributed by atoms with E-state index in [-0.39, 0.29) is 11.8 Å². The summed E-state index contributed by atoms with van der Waals surface area (Å²) in [6.07, 6.45) is -4.67. The van der Waals surface area contributed by atoms with Gasteiger partial charge < -0.3 is 10.1 Å². The second kappa shape index (κ2) is 7.92. The van der Waals surface area contributed by atoms with Crippen molar-refractivity contribution < 1.29 is 17.9 Å². The predicted octanol–water partition coefficient (Wildman–Crippen LogP) is 4.18. The minimum absolute atomic E-state index is 0.0109. The van der Waals surface area contributed by atoms with Gasteiger partial charge in [0.05, 0.1) is 6.04 Å². The highest BCUT2D eigenvalue weighted by molar-refractivity contribution is 14.1. The number of rotatable bonds is 4. The van der Waals surface area contributed by atoms with Gasteiger partial charge in [-0.05, 0) is 58.0 Å². The van der Waals surface area contributed by atoms with Crippen LogP contribution in [0.15, 0.2) is 48.5 Å². The molecule has 134 valence electrons. The van der Waals surface area contributed by atoms with Crippen molar-refractivity contribution in [3.8, 4) is 5.75 Å². The lowest BCUT2D eigenvalue weighted by Gasteiger charge is -2.35. The van der Waals surface area contributed by atoms with E-state index in [1.165, 1.54) is 12.1 Å². The number of hydrogen-bond acceptors (Lipinski definition) is 3. The number of ether oxygens (including phenoxy) is 1. The van der Waals surface area contributed by atoms with Crippen LogP contribution in [0.5, 0.6) is 5.75 Å². The van der Waals surface area contributed by atoms with Crippen LogP contribution < -0.4 is 10.1 Å². The molecule has 0 saturated carbocycles. The van der Waals surface area contributed by atoms with Crippen LogP contribution in [-0.2, 0) is 0 Å². The van der Waals surface area contributed by atoms with E-state index in [1.54, 1.807) is 12.1 Å². The Balaban J connectivity index is 1.91. The molecule has 0 radical (unpaired) electrons. The van der Waals surface area contributed by atoms with E-state index < -0.39 is 6.36 Å². The van der Waals surface area contributed by atoms with Gasteiger partial charge in [0.15, 0.2) is 0 Å². The molecule has 1 atom stereocenters. The van der Waals surface area contributed by atoms with Crippen molar-refractivity contribution in [1.29, 1.82) is 0 Å². The van der Waals surface area contributed by atoms with Gasteiger partial charge in [-0.25, -0.2) is 0 Å². The monoisotopic (exact) mass is 462 g/mol. The Labute approximate surface area is 158 Å². The van der Waals surface area contributed by atoms with Crippen molar-refractivity contribution in [2.24, 2.45) is 0 Å². The van der Waals surface area contributed by atoms with Gasteiger partial charge in [0.2, 0.25) is 0 Å². The molecular formula is C18H18F3IN2O. The second-order valence-corrected chi connectivity index (χ2v) is 7.11. The molecule has 0 amide bonds. The van der Waals surface area contributed by atoms with Crippen LogP contribution >= 0.6 is 22.6 Å². The highest BCUT2D eigenvalue weighted by Crippen LogP contribution is 2.32. The zero-order chi connectivity index (χ0) is 17.9. The Hall–Kier alpha value is -1.32. The van der Waals surface area contributed by atoms with Gasteiger partial charge in [-0.3, -0.25) is 4.90 Å². The van der Waals surface area contributed by atoms with Crippen LogP contribution in [0.25, 0.3) is 0 Å². The zero-order valence-corrected chi connectivity index (χ0v) is 15.5. The first-order valence-corrected chi connectivity index (χ1v) is 9.06. The Kier molecular flexibility index (Phi) is 5.85. The number of piperazine rings is 1. The molecule has 3 nitrogen and oxygen atoms in total. The summed E-state index contributed by atoms with van der Waals surface area (Å²) in [7, 11) is 0. The van der Waals surface area contributed by atoms with Crippen molar-refractivity contribution in [2.75, 3.05) is 26.2 Å². The van der Waals surface area contributed by atoms with Gasteiger partial charge in [-0.1, -0.05) is 24.3 Å². The quantitative estimate of drug-likeness (QED) is 0.691. The summed E-state index contributed by atoms with van der Waals surface area (Å²) in [5.74, 6) is -0.196. The molecule has 1 fully saturated rings. The number of hydrogen-bond donors (Lipinski definition) is 1. The van der Waals surface area contributed by atoms with Crippen LogP contribution in [0.1, 0.15) is 17.2 Å². The lowest BCUT2D eigenvalue weighted by Crippen LogP contribution is -2.45. The van der Waals surface area contributed by atoms with Gasteiger partial charge in [0.25, 0.3) is 0 Å². The van der Waals surface area contributed by atoms with E-state index in [1.807, 2.05) is 12.1 Å². The van der Waals surface area contributed by atoms with E-state index >= 15 is 0 Å². The van der Waals surface area contributed by atoms with Gasteiger partial charge in [0, 0.05) is 29.7 Å². The van der Waals surface area contributed by atoms with Gasteiger partial charge in [0.1, 0.15) is 5.75 Å². The van der Waals surface area contributed by atoms with Crippen LogP contribution in [0.3, 0.4) is 0 Å². The third-order valence-electron chi connectivity index (χ3n) is 4.11. The highest BCUT2D eigenvalue weighted by Gasteiger charge is 2.31. The molecule has 0 aliphatic carbocycles. The van der Waals surface area contributed by atoms with Gasteiger partial charge in [-0.2, -0.15) is 0 Å². The predicted molar refractivity (Wildman–Crippen MR) is 98.6 cm³/mol. The molecule has 0 aromatic heterocycles. The van der Waals surface area contributed by atoms with Crippen molar-refractivity contribution >= 4 is 22.6 Å². The third-order valence-corrected chi connectivity index (χ3v) is 4.78. The lowest BCUT2D eigenvalue weighted by molar-refractivity contribution is -0.274. The standard InChI is InChI=1S/C18H18F3IN2O/c19-18(20,21)25-16-6-4-13(5-7-16)17(24-10-8-23-9-11-24)14-2-1-3-15(22)12-14/h1-7,12,17,23H,8-11H2/t17-/m1/s1. The minimum atomic E-state index is -4.67. The fraction of sp³-hybridized carbons (Fsp3) is 0.333. The molecule has 1 aliphatic rings. The number of halogens is 4. The molecule has 25 heavy (non-hydrogen) atoms. The summed E-state index contributed by atoms with van der Waals surface area (Å²) in [4.78, 5) is 2.35. The summed E-state index contributed by atoms with van der Waals surface area (Å²) >= 11 is 2.27. The van der Waals surface area contributed by atoms with E-state index in [9.17, 15) is 13.2 Å². The largest absolute Gasteiger partial charge is 0.573 e.